The zero-order valence-electron chi connectivity index (χ0n) is 14.0. The van der Waals surface area contributed by atoms with Gasteiger partial charge in [0.15, 0.2) is 10.3 Å². The van der Waals surface area contributed by atoms with Gasteiger partial charge in [-0.2, -0.15) is 0 Å². The number of methoxy groups -OCH3 is 1. The second-order valence-corrected chi connectivity index (χ2v) is 5.98. The van der Waals surface area contributed by atoms with Crippen LogP contribution in [0.4, 0.5) is 11.4 Å². The van der Waals surface area contributed by atoms with E-state index in [1.807, 2.05) is 6.07 Å². The second-order valence-electron chi connectivity index (χ2n) is 4.87. The van der Waals surface area contributed by atoms with Crippen LogP contribution in [0.1, 0.15) is 15.9 Å². The Balaban J connectivity index is 0.00000312. The first-order chi connectivity index (χ1) is 11.3. The average molecular weight is 373 g/mol. The minimum Gasteiger partial charge on any atom is -0.734 e. The van der Waals surface area contributed by atoms with Crippen LogP contribution in [-0.2, 0) is 10.3 Å². The summed E-state index contributed by atoms with van der Waals surface area (Å²) in [6, 6.07) is 11.7. The fourth-order valence-electron chi connectivity index (χ4n) is 1.99. The van der Waals surface area contributed by atoms with Crippen molar-refractivity contribution in [2.45, 2.75) is 6.92 Å². The van der Waals surface area contributed by atoms with Crippen molar-refractivity contribution in [2.24, 2.45) is 0 Å². The zero-order valence-corrected chi connectivity index (χ0v) is 16.8. The van der Waals surface area contributed by atoms with E-state index in [-0.39, 0.29) is 46.9 Å². The summed E-state index contributed by atoms with van der Waals surface area (Å²) in [5.74, 6) is -0.0400. The van der Waals surface area contributed by atoms with Gasteiger partial charge < -0.3 is 20.0 Å². The fourth-order valence-corrected chi connectivity index (χ4v) is 2.23. The van der Waals surface area contributed by atoms with Crippen LogP contribution >= 0.6 is 0 Å². The monoisotopic (exact) mass is 373 g/mol. The van der Waals surface area contributed by atoms with Gasteiger partial charge in [-0.15, -0.1) is 4.83 Å². The molecule has 0 unspecified atom stereocenters. The van der Waals surface area contributed by atoms with Crippen LogP contribution in [0.3, 0.4) is 0 Å². The van der Waals surface area contributed by atoms with Gasteiger partial charge in [-0.3, -0.25) is 4.79 Å². The molecule has 8 nitrogen and oxygen atoms in total. The summed E-state index contributed by atoms with van der Waals surface area (Å²) in [4.78, 5) is 13.8. The van der Waals surface area contributed by atoms with Crippen LogP contribution in [-0.4, -0.2) is 26.0 Å². The van der Waals surface area contributed by atoms with E-state index < -0.39 is 10.3 Å². The van der Waals surface area contributed by atoms with Crippen LogP contribution in [0.25, 0.3) is 0 Å². The van der Waals surface area contributed by atoms with E-state index in [4.69, 9.17) is 4.74 Å². The van der Waals surface area contributed by atoms with Gasteiger partial charge in [0, 0.05) is 17.3 Å². The number of aryl methyl sites for hydroxylation is 1. The van der Waals surface area contributed by atoms with Crippen molar-refractivity contribution in [1.29, 1.82) is 0 Å². The van der Waals surface area contributed by atoms with E-state index in [9.17, 15) is 17.8 Å². The Bertz CT molecular complexity index is 844. The SMILES string of the molecule is COc1cc(NC(=O)c2ccccc2)c(C)cc1NNS(=O)(=O)[O-].[Na+]. The summed E-state index contributed by atoms with van der Waals surface area (Å²) in [6.45, 7) is 1.72. The summed E-state index contributed by atoms with van der Waals surface area (Å²) in [7, 11) is -3.28. The molecular weight excluding hydrogens is 357 g/mol. The first-order valence-electron chi connectivity index (χ1n) is 6.84. The Morgan fingerprint density at radius 3 is 2.32 bits per heavy atom. The van der Waals surface area contributed by atoms with Crippen molar-refractivity contribution in [2.75, 3.05) is 17.9 Å². The average Bonchev–Trinajstić information content (AvgIpc) is 2.55. The molecule has 0 fully saturated rings. The molecule has 2 aromatic carbocycles. The molecule has 0 bridgehead atoms. The molecule has 0 aromatic heterocycles. The van der Waals surface area contributed by atoms with Gasteiger partial charge in [0.05, 0.1) is 12.8 Å². The Morgan fingerprint density at radius 1 is 1.12 bits per heavy atom. The molecule has 128 valence electrons. The quantitative estimate of drug-likeness (QED) is 0.327. The van der Waals surface area contributed by atoms with E-state index in [0.29, 0.717) is 16.8 Å². The Labute approximate surface area is 168 Å². The number of hydrogen-bond donors (Lipinski definition) is 3. The summed E-state index contributed by atoms with van der Waals surface area (Å²) in [6.07, 6.45) is 0. The maximum absolute atomic E-state index is 12.2. The maximum atomic E-state index is 12.2. The Morgan fingerprint density at radius 2 is 1.76 bits per heavy atom. The van der Waals surface area contributed by atoms with Crippen LogP contribution in [0.2, 0.25) is 0 Å². The van der Waals surface area contributed by atoms with Crippen LogP contribution < -0.4 is 49.9 Å². The molecule has 0 aliphatic heterocycles. The maximum Gasteiger partial charge on any atom is 1.00 e. The second kappa shape index (κ2) is 9.18. The number of carbonyl (C=O) groups is 1. The topological polar surface area (TPSA) is 120 Å². The van der Waals surface area contributed by atoms with E-state index >= 15 is 0 Å². The predicted molar refractivity (Wildman–Crippen MR) is 88.6 cm³/mol. The van der Waals surface area contributed by atoms with Gasteiger partial charge in [0.1, 0.15) is 5.75 Å². The van der Waals surface area contributed by atoms with E-state index in [1.165, 1.54) is 19.2 Å². The van der Waals surface area contributed by atoms with Gasteiger partial charge in [-0.1, -0.05) is 18.2 Å². The van der Waals surface area contributed by atoms with Gasteiger partial charge in [0.2, 0.25) is 0 Å². The zero-order chi connectivity index (χ0) is 17.7. The molecule has 0 spiro atoms. The summed E-state index contributed by atoms with van der Waals surface area (Å²) >= 11 is 0. The van der Waals surface area contributed by atoms with Crippen molar-refractivity contribution in [3.63, 3.8) is 0 Å². The first kappa shape index (κ1) is 21.4. The number of hydrogen-bond acceptors (Lipinski definition) is 6. The van der Waals surface area contributed by atoms with Crippen molar-refractivity contribution < 1.29 is 52.1 Å². The third kappa shape index (κ3) is 6.31. The molecule has 3 N–H and O–H groups in total. The number of benzene rings is 2. The normalized spacial score (nSPS) is 10.5. The van der Waals surface area contributed by atoms with E-state index in [1.54, 1.807) is 36.0 Å². The van der Waals surface area contributed by atoms with Gasteiger partial charge >= 0.3 is 29.6 Å². The molecular formula is C15H16N3NaO5S. The van der Waals surface area contributed by atoms with Gasteiger partial charge in [-0.05, 0) is 30.7 Å². The Kier molecular flexibility index (Phi) is 7.87. The largest absolute Gasteiger partial charge is 1.00 e. The van der Waals surface area contributed by atoms with Crippen molar-refractivity contribution >= 4 is 27.6 Å². The molecule has 2 rings (SSSR count). The number of hydrazine groups is 1. The molecule has 0 saturated heterocycles. The third-order valence-corrected chi connectivity index (χ3v) is 3.49. The molecule has 1 amide bonds. The number of anilines is 2. The van der Waals surface area contributed by atoms with E-state index in [2.05, 4.69) is 10.7 Å². The smallest absolute Gasteiger partial charge is 0.734 e. The molecule has 0 atom stereocenters. The van der Waals surface area contributed by atoms with Crippen LogP contribution in [0.15, 0.2) is 42.5 Å². The van der Waals surface area contributed by atoms with Gasteiger partial charge in [-0.25, -0.2) is 8.42 Å². The van der Waals surface area contributed by atoms with Crippen molar-refractivity contribution in [1.82, 2.24) is 4.83 Å². The van der Waals surface area contributed by atoms with Crippen molar-refractivity contribution in [3.05, 3.63) is 53.6 Å². The first-order valence-corrected chi connectivity index (χ1v) is 8.24. The summed E-state index contributed by atoms with van der Waals surface area (Å²) in [5.41, 5.74) is 4.15. The van der Waals surface area contributed by atoms with Gasteiger partial charge in [0.25, 0.3) is 5.91 Å². The number of carbonyl (C=O) groups excluding carboxylic acids is 1. The molecule has 0 saturated carbocycles. The summed E-state index contributed by atoms with van der Waals surface area (Å²) in [5, 5.41) is 2.75. The number of nitrogens with one attached hydrogen (secondary N) is 3. The molecule has 10 heteroatoms. The van der Waals surface area contributed by atoms with Crippen molar-refractivity contribution in [3.8, 4) is 5.75 Å². The molecule has 0 heterocycles. The molecule has 25 heavy (non-hydrogen) atoms. The standard InChI is InChI=1S/C15H17N3O5S.Na/c1-10-8-13(17-18-24(20,21)22)14(23-2)9-12(10)16-15(19)11-6-4-3-5-7-11;/h3-9,17-18H,1-2H3,(H,16,19)(H,20,21,22);/q;+1/p-1. The number of amides is 1. The molecule has 2 aromatic rings. The number of ether oxygens (including phenoxy) is 1. The molecule has 0 aliphatic rings. The fraction of sp³-hybridized carbons (Fsp3) is 0.133. The summed E-state index contributed by atoms with van der Waals surface area (Å²) < 4.78 is 37.0. The minimum absolute atomic E-state index is 0. The molecule has 0 aliphatic carbocycles. The van der Waals surface area contributed by atoms with Crippen LogP contribution in [0.5, 0.6) is 5.75 Å². The third-order valence-electron chi connectivity index (χ3n) is 3.14. The number of rotatable bonds is 6. The van der Waals surface area contributed by atoms with Crippen LogP contribution in [0, 0.1) is 6.92 Å². The van der Waals surface area contributed by atoms with E-state index in [0.717, 1.165) is 0 Å². The molecule has 0 radical (unpaired) electrons. The minimum atomic E-state index is -4.66. The Hall–Kier alpha value is -1.62. The predicted octanol–water partition coefficient (Wildman–Crippen LogP) is -1.36.